The number of amides is 1. The van der Waals surface area contributed by atoms with Crippen LogP contribution in [0.15, 0.2) is 96.6 Å². The maximum Gasteiger partial charge on any atom is 0.251 e. The van der Waals surface area contributed by atoms with Crippen molar-refractivity contribution in [2.75, 3.05) is 43.6 Å². The zero-order valence-electron chi connectivity index (χ0n) is 30.1. The Morgan fingerprint density at radius 3 is 2.49 bits per heavy atom. The van der Waals surface area contributed by atoms with Crippen LogP contribution in [-0.4, -0.2) is 56.6 Å². The molecule has 0 saturated carbocycles. The highest BCUT2D eigenvalue weighted by Gasteiger charge is 2.22. The highest BCUT2D eigenvalue weighted by atomic mass is 19.1. The molecule has 4 aromatic rings. The van der Waals surface area contributed by atoms with Gasteiger partial charge in [0.25, 0.3) is 5.91 Å². The lowest BCUT2D eigenvalue weighted by atomic mass is 10.00. The van der Waals surface area contributed by atoms with Gasteiger partial charge in [0.2, 0.25) is 0 Å². The molecule has 0 spiro atoms. The third kappa shape index (κ3) is 9.85. The van der Waals surface area contributed by atoms with E-state index in [1.165, 1.54) is 11.6 Å². The summed E-state index contributed by atoms with van der Waals surface area (Å²) in [4.78, 5) is 18.3. The molecule has 4 aromatic carbocycles. The summed E-state index contributed by atoms with van der Waals surface area (Å²) in [6.45, 7) is 8.18. The van der Waals surface area contributed by atoms with Gasteiger partial charge in [0, 0.05) is 61.4 Å². The van der Waals surface area contributed by atoms with E-state index in [4.69, 9.17) is 14.2 Å². The van der Waals surface area contributed by atoms with Gasteiger partial charge in [-0.1, -0.05) is 61.9 Å². The Labute approximate surface area is 302 Å². The largest absolute Gasteiger partial charge is 0.465 e. The zero-order valence-corrected chi connectivity index (χ0v) is 30.1. The zero-order chi connectivity index (χ0) is 35.6. The number of carbonyl (C=O) groups excluding carboxylic acids is 1. The number of nitrogens with zero attached hydrogens (tertiary/aromatic N) is 2. The fourth-order valence-electron chi connectivity index (χ4n) is 6.74. The minimum atomic E-state index is -0.327. The predicted molar refractivity (Wildman–Crippen MR) is 203 cm³/mol. The topological polar surface area (TPSA) is 63.3 Å². The first-order valence-electron chi connectivity index (χ1n) is 18.3. The summed E-state index contributed by atoms with van der Waals surface area (Å²) in [5.74, 6) is 0.371. The minimum Gasteiger partial charge on any atom is -0.465 e. The lowest BCUT2D eigenvalue weighted by Crippen LogP contribution is -2.36. The average molecular weight is 692 g/mol. The van der Waals surface area contributed by atoms with Crippen LogP contribution in [0.5, 0.6) is 5.75 Å². The van der Waals surface area contributed by atoms with Crippen LogP contribution in [0.2, 0.25) is 0 Å². The summed E-state index contributed by atoms with van der Waals surface area (Å²) in [6, 6.07) is 29.8. The number of hydrogen-bond acceptors (Lipinski definition) is 6. The predicted octanol–water partition coefficient (Wildman–Crippen LogP) is 9.08. The van der Waals surface area contributed by atoms with Crippen molar-refractivity contribution >= 4 is 23.4 Å². The van der Waals surface area contributed by atoms with E-state index in [-0.39, 0.29) is 18.0 Å². The Kier molecular flexibility index (Phi) is 12.5. The number of hydrogen-bond donors (Lipinski definition) is 1. The summed E-state index contributed by atoms with van der Waals surface area (Å²) in [7, 11) is 2.17. The number of ether oxygens (including phenoxy) is 3. The van der Waals surface area contributed by atoms with Crippen LogP contribution in [0.25, 0.3) is 17.2 Å². The summed E-state index contributed by atoms with van der Waals surface area (Å²) in [5.41, 5.74) is 7.16. The second-order valence-electron chi connectivity index (χ2n) is 13.6. The monoisotopic (exact) mass is 691 g/mol. The van der Waals surface area contributed by atoms with E-state index in [0.29, 0.717) is 43.3 Å². The molecule has 1 saturated heterocycles. The van der Waals surface area contributed by atoms with Crippen LogP contribution in [0.4, 0.5) is 15.8 Å². The van der Waals surface area contributed by atoms with Crippen molar-refractivity contribution in [2.45, 2.75) is 71.4 Å². The van der Waals surface area contributed by atoms with Crippen LogP contribution in [-0.2, 0) is 27.4 Å². The molecule has 0 aliphatic carbocycles. The molecule has 8 heteroatoms. The first kappa shape index (κ1) is 36.3. The van der Waals surface area contributed by atoms with Crippen LogP contribution in [0.1, 0.15) is 62.6 Å². The van der Waals surface area contributed by atoms with E-state index in [9.17, 15) is 9.18 Å². The van der Waals surface area contributed by atoms with Gasteiger partial charge in [-0.2, -0.15) is 0 Å². The van der Waals surface area contributed by atoms with Gasteiger partial charge in [-0.3, -0.25) is 9.69 Å². The number of anilines is 2. The molecule has 6 rings (SSSR count). The maximum absolute atomic E-state index is 14.8. The second-order valence-corrected chi connectivity index (χ2v) is 13.6. The third-order valence-corrected chi connectivity index (χ3v) is 9.76. The Bertz CT molecular complexity index is 1770. The van der Waals surface area contributed by atoms with Crippen molar-refractivity contribution in [3.8, 4) is 16.9 Å². The Morgan fingerprint density at radius 1 is 1.00 bits per heavy atom. The fourth-order valence-corrected chi connectivity index (χ4v) is 6.74. The number of rotatable bonds is 14. The Hall–Kier alpha value is -4.50. The molecule has 51 heavy (non-hydrogen) atoms. The lowest BCUT2D eigenvalue weighted by Gasteiger charge is -2.31. The SMILES string of the molecule is CCCCOC(C)Oc1ccc(-c2ccc3c(c2)C=C(C(=O)Nc2ccc(CN(C)C4CCOCC4)cc2)CCN3Cc2ccccc2F)cc1. The normalized spacial score (nSPS) is 15.5. The van der Waals surface area contributed by atoms with Crippen molar-refractivity contribution in [1.29, 1.82) is 0 Å². The Morgan fingerprint density at radius 2 is 1.75 bits per heavy atom. The lowest BCUT2D eigenvalue weighted by molar-refractivity contribution is -0.112. The number of unbranched alkanes of at least 4 members (excludes halogenated alkanes) is 1. The molecule has 0 aromatic heterocycles. The molecule has 7 nitrogen and oxygen atoms in total. The summed E-state index contributed by atoms with van der Waals surface area (Å²) >= 11 is 0. The van der Waals surface area contributed by atoms with Crippen LogP contribution < -0.4 is 15.0 Å². The van der Waals surface area contributed by atoms with Crippen LogP contribution in [0.3, 0.4) is 0 Å². The number of fused-ring (bicyclic) bond motifs is 1. The number of carbonyl (C=O) groups is 1. The van der Waals surface area contributed by atoms with Gasteiger partial charge in [0.05, 0.1) is 6.61 Å². The molecule has 2 aliphatic heterocycles. The molecule has 0 bridgehead atoms. The van der Waals surface area contributed by atoms with Gasteiger partial charge in [-0.05, 0) is 110 Å². The third-order valence-electron chi connectivity index (χ3n) is 9.76. The second kappa shape index (κ2) is 17.6. The van der Waals surface area contributed by atoms with E-state index in [0.717, 1.165) is 79.3 Å². The fraction of sp³-hybridized carbons (Fsp3) is 0.372. The summed E-state index contributed by atoms with van der Waals surface area (Å²) < 4.78 is 32.0. The minimum absolute atomic E-state index is 0.136. The smallest absolute Gasteiger partial charge is 0.251 e. The molecule has 1 atom stereocenters. The number of nitrogens with one attached hydrogen (secondary N) is 1. The number of benzene rings is 4. The van der Waals surface area contributed by atoms with Gasteiger partial charge in [-0.15, -0.1) is 0 Å². The molecule has 2 heterocycles. The molecular formula is C43H50FN3O4. The Balaban J connectivity index is 1.19. The molecular weight excluding hydrogens is 641 g/mol. The molecule has 1 fully saturated rings. The van der Waals surface area contributed by atoms with E-state index >= 15 is 0 Å². The van der Waals surface area contributed by atoms with E-state index in [2.05, 4.69) is 59.4 Å². The van der Waals surface area contributed by atoms with E-state index in [1.807, 2.05) is 61.5 Å². The molecule has 2 aliphatic rings. The van der Waals surface area contributed by atoms with Crippen molar-refractivity contribution in [3.05, 3.63) is 119 Å². The van der Waals surface area contributed by atoms with Gasteiger partial charge in [0.1, 0.15) is 11.6 Å². The van der Waals surface area contributed by atoms with E-state index in [1.54, 1.807) is 6.07 Å². The average Bonchev–Trinajstić information content (AvgIpc) is 3.33. The van der Waals surface area contributed by atoms with Gasteiger partial charge in [0.15, 0.2) is 6.29 Å². The molecule has 1 amide bonds. The standard InChI is InChI=1S/C43H50FN3O4/c1-4-5-24-50-31(2)51-40-17-12-33(13-18-40)34-14-19-42-37(27-34)28-35(20-23-47(42)30-36-8-6-7-9-41(36)44)43(48)45-38-15-10-32(11-16-38)29-46(3)39-21-25-49-26-22-39/h6-19,27-28,31,39H,4-5,20-26,29-30H2,1-3H3,(H,45,48). The van der Waals surface area contributed by atoms with Crippen molar-refractivity contribution < 1.29 is 23.4 Å². The van der Waals surface area contributed by atoms with Crippen LogP contribution >= 0.6 is 0 Å². The molecule has 1 unspecified atom stereocenters. The van der Waals surface area contributed by atoms with Crippen LogP contribution in [0, 0.1) is 5.82 Å². The summed E-state index contributed by atoms with van der Waals surface area (Å²) in [5, 5.41) is 3.13. The van der Waals surface area contributed by atoms with E-state index < -0.39 is 0 Å². The quantitative estimate of drug-likeness (QED) is 0.105. The molecule has 0 radical (unpaired) electrons. The van der Waals surface area contributed by atoms with Crippen molar-refractivity contribution in [1.82, 2.24) is 4.90 Å². The maximum atomic E-state index is 14.8. The van der Waals surface area contributed by atoms with Gasteiger partial charge in [-0.25, -0.2) is 4.39 Å². The first-order chi connectivity index (χ1) is 24.9. The molecule has 268 valence electrons. The van der Waals surface area contributed by atoms with Crippen molar-refractivity contribution in [3.63, 3.8) is 0 Å². The van der Waals surface area contributed by atoms with Gasteiger partial charge < -0.3 is 24.4 Å². The number of halogens is 1. The highest BCUT2D eigenvalue weighted by molar-refractivity contribution is 6.07. The van der Waals surface area contributed by atoms with Gasteiger partial charge >= 0.3 is 0 Å². The highest BCUT2D eigenvalue weighted by Crippen LogP contribution is 2.34. The molecule has 1 N–H and O–H groups in total. The first-order valence-corrected chi connectivity index (χ1v) is 18.3. The van der Waals surface area contributed by atoms with Crippen molar-refractivity contribution in [2.24, 2.45) is 0 Å². The summed E-state index contributed by atoms with van der Waals surface area (Å²) in [6.07, 6.45) is 6.36.